The van der Waals surface area contributed by atoms with Crippen LogP contribution in [0.3, 0.4) is 0 Å². The zero-order valence-corrected chi connectivity index (χ0v) is 10.8. The van der Waals surface area contributed by atoms with Crippen molar-refractivity contribution >= 4 is 5.91 Å². The molecule has 4 nitrogen and oxygen atoms in total. The minimum atomic E-state index is 0.118. The van der Waals surface area contributed by atoms with E-state index >= 15 is 0 Å². The molecule has 0 aromatic rings. The molecule has 4 heteroatoms. The van der Waals surface area contributed by atoms with Crippen molar-refractivity contribution < 1.29 is 9.53 Å². The van der Waals surface area contributed by atoms with Gasteiger partial charge in [-0.05, 0) is 46.2 Å². The van der Waals surface area contributed by atoms with Gasteiger partial charge in [-0.1, -0.05) is 0 Å². The van der Waals surface area contributed by atoms with Crippen LogP contribution >= 0.6 is 0 Å². The molecule has 2 N–H and O–H groups in total. The highest BCUT2D eigenvalue weighted by Crippen LogP contribution is 1.93. The maximum Gasteiger partial charge on any atom is 0.219 e. The van der Waals surface area contributed by atoms with Gasteiger partial charge in [-0.15, -0.1) is 0 Å². The summed E-state index contributed by atoms with van der Waals surface area (Å²) < 4.78 is 5.43. The maximum absolute atomic E-state index is 10.9. The predicted molar refractivity (Wildman–Crippen MR) is 66.5 cm³/mol. The topological polar surface area (TPSA) is 50.4 Å². The third kappa shape index (κ3) is 11.5. The molecule has 0 fully saturated rings. The van der Waals surface area contributed by atoms with Crippen LogP contribution in [0.15, 0.2) is 0 Å². The summed E-state index contributed by atoms with van der Waals surface area (Å²) in [6.45, 7) is 6.87. The molecule has 0 aliphatic carbocycles. The second-order valence-corrected chi connectivity index (χ2v) is 4.15. The van der Waals surface area contributed by atoms with Crippen LogP contribution in [0.25, 0.3) is 0 Å². The lowest BCUT2D eigenvalue weighted by Gasteiger charge is -2.07. The zero-order chi connectivity index (χ0) is 12.2. The standard InChI is InChI=1S/C12H26N2O2/c1-11(2)16-10-5-4-8-14-9-6-7-12(15)13-3/h11,14H,4-10H2,1-3H3,(H,13,15). The third-order valence-electron chi connectivity index (χ3n) is 2.24. The van der Waals surface area contributed by atoms with Crippen LogP contribution in [0, 0.1) is 0 Å². The third-order valence-corrected chi connectivity index (χ3v) is 2.24. The summed E-state index contributed by atoms with van der Waals surface area (Å²) in [5, 5.41) is 5.93. The first kappa shape index (κ1) is 15.4. The molecule has 0 aromatic heterocycles. The Kier molecular flexibility index (Phi) is 10.5. The van der Waals surface area contributed by atoms with E-state index in [1.807, 2.05) is 0 Å². The monoisotopic (exact) mass is 230 g/mol. The van der Waals surface area contributed by atoms with Crippen molar-refractivity contribution in [1.29, 1.82) is 0 Å². The molecule has 0 unspecified atom stereocenters. The number of unbranched alkanes of at least 4 members (excludes halogenated alkanes) is 1. The van der Waals surface area contributed by atoms with E-state index in [-0.39, 0.29) is 5.91 Å². The van der Waals surface area contributed by atoms with Crippen molar-refractivity contribution in [1.82, 2.24) is 10.6 Å². The highest BCUT2D eigenvalue weighted by molar-refractivity contribution is 5.75. The highest BCUT2D eigenvalue weighted by atomic mass is 16.5. The van der Waals surface area contributed by atoms with Crippen LogP contribution in [0.5, 0.6) is 0 Å². The summed E-state index contributed by atoms with van der Waals surface area (Å²) in [4.78, 5) is 10.9. The Bertz CT molecular complexity index is 172. The summed E-state index contributed by atoms with van der Waals surface area (Å²) >= 11 is 0. The molecule has 0 rings (SSSR count). The molecule has 96 valence electrons. The van der Waals surface area contributed by atoms with Crippen LogP contribution in [-0.4, -0.2) is 38.8 Å². The lowest BCUT2D eigenvalue weighted by molar-refractivity contribution is -0.120. The Hall–Kier alpha value is -0.610. The molecule has 1 amide bonds. The number of hydrogen-bond acceptors (Lipinski definition) is 3. The zero-order valence-electron chi connectivity index (χ0n) is 10.8. The number of hydrogen-bond donors (Lipinski definition) is 2. The summed E-state index contributed by atoms with van der Waals surface area (Å²) in [6.07, 6.45) is 4.08. The van der Waals surface area contributed by atoms with E-state index in [4.69, 9.17) is 4.74 Å². The van der Waals surface area contributed by atoms with E-state index in [0.29, 0.717) is 12.5 Å². The number of nitrogens with one attached hydrogen (secondary N) is 2. The first-order valence-corrected chi connectivity index (χ1v) is 6.19. The summed E-state index contributed by atoms with van der Waals surface area (Å²) in [5.74, 6) is 0.118. The van der Waals surface area contributed by atoms with Crippen LogP contribution in [0.1, 0.15) is 39.5 Å². The van der Waals surface area contributed by atoms with Gasteiger partial charge >= 0.3 is 0 Å². The van der Waals surface area contributed by atoms with Gasteiger partial charge in [0.1, 0.15) is 0 Å². The van der Waals surface area contributed by atoms with E-state index in [2.05, 4.69) is 24.5 Å². The fourth-order valence-electron chi connectivity index (χ4n) is 1.30. The van der Waals surface area contributed by atoms with Gasteiger partial charge < -0.3 is 15.4 Å². The Morgan fingerprint density at radius 1 is 1.19 bits per heavy atom. The van der Waals surface area contributed by atoms with Crippen molar-refractivity contribution in [2.24, 2.45) is 0 Å². The summed E-state index contributed by atoms with van der Waals surface area (Å²) in [7, 11) is 1.67. The first-order valence-electron chi connectivity index (χ1n) is 6.19. The lowest BCUT2D eigenvalue weighted by atomic mass is 10.3. The van der Waals surface area contributed by atoms with Crippen molar-refractivity contribution in [3.8, 4) is 0 Å². The minimum absolute atomic E-state index is 0.118. The largest absolute Gasteiger partial charge is 0.379 e. The van der Waals surface area contributed by atoms with Gasteiger partial charge in [0.05, 0.1) is 6.10 Å². The predicted octanol–water partition coefficient (Wildman–Crippen LogP) is 1.31. The molecular formula is C12H26N2O2. The molecule has 0 aliphatic rings. The number of amides is 1. The smallest absolute Gasteiger partial charge is 0.219 e. The minimum Gasteiger partial charge on any atom is -0.379 e. The van der Waals surface area contributed by atoms with E-state index in [1.54, 1.807) is 7.05 Å². The number of rotatable bonds is 10. The van der Waals surface area contributed by atoms with Gasteiger partial charge in [0, 0.05) is 20.1 Å². The second kappa shape index (κ2) is 10.9. The molecule has 0 aliphatic heterocycles. The van der Waals surface area contributed by atoms with Crippen LogP contribution in [-0.2, 0) is 9.53 Å². The second-order valence-electron chi connectivity index (χ2n) is 4.15. The van der Waals surface area contributed by atoms with Crippen molar-refractivity contribution in [2.45, 2.75) is 45.6 Å². The van der Waals surface area contributed by atoms with E-state index in [9.17, 15) is 4.79 Å². The molecule has 0 saturated carbocycles. The molecule has 0 aromatic carbocycles. The summed E-state index contributed by atoms with van der Waals surface area (Å²) in [5.41, 5.74) is 0. The number of carbonyl (C=O) groups excluding carboxylic acids is 1. The average Bonchev–Trinajstić information content (AvgIpc) is 2.26. The van der Waals surface area contributed by atoms with Crippen molar-refractivity contribution in [3.63, 3.8) is 0 Å². The Morgan fingerprint density at radius 3 is 2.50 bits per heavy atom. The molecule has 16 heavy (non-hydrogen) atoms. The molecule has 0 atom stereocenters. The van der Waals surface area contributed by atoms with Crippen LogP contribution in [0.4, 0.5) is 0 Å². The molecule has 0 bridgehead atoms. The number of carbonyl (C=O) groups is 1. The van der Waals surface area contributed by atoms with Gasteiger partial charge in [0.25, 0.3) is 0 Å². The van der Waals surface area contributed by atoms with Crippen molar-refractivity contribution in [2.75, 3.05) is 26.7 Å². The fraction of sp³-hybridized carbons (Fsp3) is 0.917. The van der Waals surface area contributed by atoms with Gasteiger partial charge in [-0.25, -0.2) is 0 Å². The molecular weight excluding hydrogens is 204 g/mol. The van der Waals surface area contributed by atoms with Gasteiger partial charge in [-0.2, -0.15) is 0 Å². The fourth-order valence-corrected chi connectivity index (χ4v) is 1.30. The molecule has 0 spiro atoms. The first-order chi connectivity index (χ1) is 7.66. The van der Waals surface area contributed by atoms with E-state index in [1.165, 1.54) is 0 Å². The Labute approximate surface area is 99.1 Å². The van der Waals surface area contributed by atoms with Crippen LogP contribution < -0.4 is 10.6 Å². The van der Waals surface area contributed by atoms with E-state index in [0.717, 1.165) is 39.0 Å². The number of ether oxygens (including phenoxy) is 1. The normalized spacial score (nSPS) is 10.8. The van der Waals surface area contributed by atoms with Crippen LogP contribution in [0.2, 0.25) is 0 Å². The molecule has 0 saturated heterocycles. The lowest BCUT2D eigenvalue weighted by Crippen LogP contribution is -2.21. The summed E-state index contributed by atoms with van der Waals surface area (Å²) in [6, 6.07) is 0. The van der Waals surface area contributed by atoms with E-state index < -0.39 is 0 Å². The highest BCUT2D eigenvalue weighted by Gasteiger charge is 1.96. The Morgan fingerprint density at radius 2 is 1.88 bits per heavy atom. The van der Waals surface area contributed by atoms with Crippen molar-refractivity contribution in [3.05, 3.63) is 0 Å². The van der Waals surface area contributed by atoms with Gasteiger partial charge in [0.15, 0.2) is 0 Å². The van der Waals surface area contributed by atoms with Gasteiger partial charge in [-0.3, -0.25) is 4.79 Å². The Balaban J connectivity index is 3.01. The quantitative estimate of drug-likeness (QED) is 0.556. The SMILES string of the molecule is CNC(=O)CCCNCCCCOC(C)C. The average molecular weight is 230 g/mol. The molecule has 0 heterocycles. The maximum atomic E-state index is 10.9. The molecule has 0 radical (unpaired) electrons. The van der Waals surface area contributed by atoms with Gasteiger partial charge in [0.2, 0.25) is 5.91 Å².